The number of thiophene rings is 1. The molecule has 0 unspecified atom stereocenters. The molecule has 0 aliphatic rings. The van der Waals surface area contributed by atoms with Crippen molar-refractivity contribution in [3.8, 4) is 11.1 Å². The van der Waals surface area contributed by atoms with E-state index in [1.807, 2.05) is 23.6 Å². The number of fused-ring (bicyclic) bond motifs is 3. The topological polar surface area (TPSA) is 62.3 Å². The minimum atomic E-state index is -0.102. The van der Waals surface area contributed by atoms with Gasteiger partial charge in [-0.05, 0) is 52.7 Å². The molecule has 0 radical (unpaired) electrons. The third kappa shape index (κ3) is 2.74. The number of aryl methyl sites for hydroxylation is 1. The third-order valence-electron chi connectivity index (χ3n) is 4.73. The van der Waals surface area contributed by atoms with E-state index in [0.717, 1.165) is 46.7 Å². The molecule has 0 saturated carbocycles. The molecule has 0 saturated heterocycles. The summed E-state index contributed by atoms with van der Waals surface area (Å²) < 4.78 is 0.668. The Kier molecular flexibility index (Phi) is 4.39. The Morgan fingerprint density at radius 2 is 1.88 bits per heavy atom. The number of nitroso groups, excluding NO2 is 1. The number of unbranched alkanes of at least 4 members (excludes halogenated alkanes) is 1. The van der Waals surface area contributed by atoms with E-state index in [1.54, 1.807) is 12.1 Å². The lowest BCUT2D eigenvalue weighted by molar-refractivity contribution is 0.795. The summed E-state index contributed by atoms with van der Waals surface area (Å²) in [5.41, 5.74) is 4.00. The van der Waals surface area contributed by atoms with Crippen molar-refractivity contribution in [3.63, 3.8) is 0 Å². The smallest absolute Gasteiger partial charge is 0.266 e. The monoisotopic (exact) mass is 362 g/mol. The quantitative estimate of drug-likeness (QED) is 0.433. The average Bonchev–Trinajstić information content (AvgIpc) is 3.17. The highest BCUT2D eigenvalue weighted by Crippen LogP contribution is 2.40. The summed E-state index contributed by atoms with van der Waals surface area (Å²) in [7, 11) is 0. The number of rotatable bonds is 5. The maximum atomic E-state index is 12.3. The SMILES string of the molecule is CCCCc1ccc(-c2c(N=O)ccc3[nH]c(=O)c4sccc4c23)cc1. The number of aromatic nitrogens is 1. The lowest BCUT2D eigenvalue weighted by atomic mass is 9.95. The number of nitrogens with zero attached hydrogens (tertiary/aromatic N) is 1. The number of hydrogen-bond acceptors (Lipinski definition) is 4. The van der Waals surface area contributed by atoms with Gasteiger partial charge < -0.3 is 4.98 Å². The Morgan fingerprint density at radius 1 is 1.08 bits per heavy atom. The molecule has 2 aromatic heterocycles. The Balaban J connectivity index is 1.99. The van der Waals surface area contributed by atoms with Crippen LogP contribution in [0.1, 0.15) is 25.3 Å². The predicted octanol–water partition coefficient (Wildman–Crippen LogP) is 6.15. The molecule has 1 N–H and O–H groups in total. The van der Waals surface area contributed by atoms with Crippen LogP contribution in [0.15, 0.2) is 57.8 Å². The van der Waals surface area contributed by atoms with Gasteiger partial charge in [0.25, 0.3) is 5.56 Å². The standard InChI is InChI=1S/C21H18N2O2S/c1-2-3-4-13-5-7-14(8-6-13)18-17(23-25)10-9-16-19(18)15-11-12-26-20(15)21(24)22-16/h5-12H,2-4H2,1H3,(H,22,24). The van der Waals surface area contributed by atoms with Crippen LogP contribution in [0, 0.1) is 4.91 Å². The minimum absolute atomic E-state index is 0.102. The lowest BCUT2D eigenvalue weighted by Crippen LogP contribution is -2.04. The van der Waals surface area contributed by atoms with E-state index in [1.165, 1.54) is 16.9 Å². The highest BCUT2D eigenvalue weighted by Gasteiger charge is 2.16. The molecule has 0 amide bonds. The van der Waals surface area contributed by atoms with E-state index in [9.17, 15) is 9.70 Å². The Labute approximate surface area is 154 Å². The molecule has 0 atom stereocenters. The number of H-pyrrole nitrogens is 1. The Morgan fingerprint density at radius 3 is 2.62 bits per heavy atom. The van der Waals surface area contributed by atoms with Crippen LogP contribution < -0.4 is 5.56 Å². The van der Waals surface area contributed by atoms with Crippen molar-refractivity contribution in [1.29, 1.82) is 0 Å². The first kappa shape index (κ1) is 16.7. The van der Waals surface area contributed by atoms with Crippen LogP contribution in [0.2, 0.25) is 0 Å². The van der Waals surface area contributed by atoms with Crippen molar-refractivity contribution in [2.45, 2.75) is 26.2 Å². The van der Waals surface area contributed by atoms with E-state index < -0.39 is 0 Å². The van der Waals surface area contributed by atoms with Gasteiger partial charge >= 0.3 is 0 Å². The number of aromatic amines is 1. The van der Waals surface area contributed by atoms with E-state index in [2.05, 4.69) is 29.2 Å². The fourth-order valence-corrected chi connectivity index (χ4v) is 4.22. The highest BCUT2D eigenvalue weighted by molar-refractivity contribution is 7.17. The summed E-state index contributed by atoms with van der Waals surface area (Å²) in [5.74, 6) is 0. The average molecular weight is 362 g/mol. The molecule has 0 fully saturated rings. The van der Waals surface area contributed by atoms with E-state index in [-0.39, 0.29) is 5.56 Å². The highest BCUT2D eigenvalue weighted by atomic mass is 32.1. The molecule has 0 bridgehead atoms. The molecule has 0 spiro atoms. The number of pyridine rings is 1. The molecule has 0 aliphatic heterocycles. The van der Waals surface area contributed by atoms with Crippen molar-refractivity contribution in [3.05, 3.63) is 68.7 Å². The van der Waals surface area contributed by atoms with Crippen molar-refractivity contribution in [1.82, 2.24) is 4.98 Å². The maximum absolute atomic E-state index is 12.3. The fourth-order valence-electron chi connectivity index (χ4n) is 3.42. The maximum Gasteiger partial charge on any atom is 0.266 e. The zero-order valence-corrected chi connectivity index (χ0v) is 15.2. The fraction of sp³-hybridized carbons (Fsp3) is 0.190. The molecule has 2 heterocycles. The van der Waals surface area contributed by atoms with Crippen LogP contribution in [-0.2, 0) is 6.42 Å². The molecule has 26 heavy (non-hydrogen) atoms. The summed E-state index contributed by atoms with van der Waals surface area (Å²) in [6, 6.07) is 13.7. The first-order chi connectivity index (χ1) is 12.7. The van der Waals surface area contributed by atoms with Crippen LogP contribution in [0.5, 0.6) is 0 Å². The van der Waals surface area contributed by atoms with E-state index >= 15 is 0 Å². The molecule has 4 rings (SSSR count). The van der Waals surface area contributed by atoms with Gasteiger partial charge in [-0.15, -0.1) is 16.2 Å². The van der Waals surface area contributed by atoms with Gasteiger partial charge in [0.05, 0.1) is 0 Å². The van der Waals surface area contributed by atoms with Gasteiger partial charge in [0, 0.05) is 21.9 Å². The van der Waals surface area contributed by atoms with Crippen molar-refractivity contribution in [2.75, 3.05) is 0 Å². The van der Waals surface area contributed by atoms with Crippen molar-refractivity contribution >= 4 is 38.0 Å². The lowest BCUT2D eigenvalue weighted by Gasteiger charge is -2.11. The number of nitrogens with one attached hydrogen (secondary N) is 1. The van der Waals surface area contributed by atoms with Gasteiger partial charge in [-0.25, -0.2) is 0 Å². The molecule has 2 aromatic carbocycles. The van der Waals surface area contributed by atoms with Crippen molar-refractivity contribution < 1.29 is 0 Å². The largest absolute Gasteiger partial charge is 0.321 e. The zero-order valence-electron chi connectivity index (χ0n) is 14.4. The predicted molar refractivity (Wildman–Crippen MR) is 109 cm³/mol. The molecular weight excluding hydrogens is 344 g/mol. The molecule has 0 aliphatic carbocycles. The van der Waals surface area contributed by atoms with Gasteiger partial charge in [-0.2, -0.15) is 0 Å². The second-order valence-electron chi connectivity index (χ2n) is 6.39. The van der Waals surface area contributed by atoms with Gasteiger partial charge in [0.1, 0.15) is 10.4 Å². The van der Waals surface area contributed by atoms with Gasteiger partial charge in [-0.1, -0.05) is 37.6 Å². The molecular formula is C21H18N2O2S. The zero-order chi connectivity index (χ0) is 18.1. The summed E-state index contributed by atoms with van der Waals surface area (Å²) >= 11 is 1.41. The third-order valence-corrected chi connectivity index (χ3v) is 5.65. The Hall–Kier alpha value is -2.79. The second-order valence-corrected chi connectivity index (χ2v) is 7.31. The number of hydrogen-bond donors (Lipinski definition) is 1. The van der Waals surface area contributed by atoms with Crippen LogP contribution in [0.25, 0.3) is 32.1 Å². The van der Waals surface area contributed by atoms with Crippen LogP contribution >= 0.6 is 11.3 Å². The van der Waals surface area contributed by atoms with E-state index in [4.69, 9.17) is 0 Å². The molecule has 130 valence electrons. The summed E-state index contributed by atoms with van der Waals surface area (Å²) in [5, 5.41) is 6.88. The molecule has 4 nitrogen and oxygen atoms in total. The first-order valence-electron chi connectivity index (χ1n) is 8.71. The summed E-state index contributed by atoms with van der Waals surface area (Å²) in [6.07, 6.45) is 3.37. The summed E-state index contributed by atoms with van der Waals surface area (Å²) in [6.45, 7) is 2.18. The second kappa shape index (κ2) is 6.84. The van der Waals surface area contributed by atoms with Gasteiger partial charge in [-0.3, -0.25) is 4.79 Å². The first-order valence-corrected chi connectivity index (χ1v) is 9.59. The van der Waals surface area contributed by atoms with E-state index in [0.29, 0.717) is 10.4 Å². The van der Waals surface area contributed by atoms with Crippen LogP contribution in [-0.4, -0.2) is 4.98 Å². The molecule has 5 heteroatoms. The van der Waals surface area contributed by atoms with Crippen LogP contribution in [0.4, 0.5) is 5.69 Å². The molecule has 4 aromatic rings. The minimum Gasteiger partial charge on any atom is -0.321 e. The van der Waals surface area contributed by atoms with Crippen LogP contribution in [0.3, 0.4) is 0 Å². The van der Waals surface area contributed by atoms with Gasteiger partial charge in [0.2, 0.25) is 0 Å². The van der Waals surface area contributed by atoms with Gasteiger partial charge in [0.15, 0.2) is 0 Å². The summed E-state index contributed by atoms with van der Waals surface area (Å²) in [4.78, 5) is 26.7. The van der Waals surface area contributed by atoms with Crippen molar-refractivity contribution in [2.24, 2.45) is 5.18 Å². The number of benzene rings is 2. The normalized spacial score (nSPS) is 11.3. The Bertz CT molecular complexity index is 1160.